The lowest BCUT2D eigenvalue weighted by molar-refractivity contribution is -0.238. The van der Waals surface area contributed by atoms with Crippen molar-refractivity contribution in [2.75, 3.05) is 27.4 Å². The van der Waals surface area contributed by atoms with Crippen molar-refractivity contribution in [1.82, 2.24) is 0 Å². The number of hydrogen-bond acceptors (Lipinski definition) is 7. The van der Waals surface area contributed by atoms with Crippen LogP contribution in [0, 0.1) is 26.7 Å². The van der Waals surface area contributed by atoms with Gasteiger partial charge in [0.25, 0.3) is 0 Å². The molecule has 7 nitrogen and oxygen atoms in total. The van der Waals surface area contributed by atoms with Gasteiger partial charge in [-0.1, -0.05) is 36.4 Å². The number of aryl methyl sites for hydroxylation is 3. The van der Waals surface area contributed by atoms with Crippen LogP contribution in [0.1, 0.15) is 39.5 Å². The lowest BCUT2D eigenvalue weighted by atomic mass is 9.87. The zero-order chi connectivity index (χ0) is 27.3. The van der Waals surface area contributed by atoms with Crippen LogP contribution in [0.2, 0.25) is 0 Å². The average Bonchev–Trinajstić information content (AvgIpc) is 3.26. The van der Waals surface area contributed by atoms with Crippen LogP contribution in [0.5, 0.6) is 11.5 Å². The Hall–Kier alpha value is -2.94. The molecule has 0 aromatic heterocycles. The molecule has 0 bridgehead atoms. The minimum atomic E-state index is -1.64. The Labute approximate surface area is 224 Å². The van der Waals surface area contributed by atoms with Gasteiger partial charge in [-0.05, 0) is 78.4 Å². The quantitative estimate of drug-likeness (QED) is 0.350. The summed E-state index contributed by atoms with van der Waals surface area (Å²) in [6, 6.07) is 19.1. The maximum Gasteiger partial charge on any atom is 0.197 e. The number of methoxy groups -OCH3 is 2. The van der Waals surface area contributed by atoms with Crippen molar-refractivity contribution in [1.29, 1.82) is 0 Å². The second kappa shape index (κ2) is 12.3. The maximum absolute atomic E-state index is 11.6. The van der Waals surface area contributed by atoms with Crippen molar-refractivity contribution in [3.63, 3.8) is 0 Å². The van der Waals surface area contributed by atoms with E-state index in [1.54, 1.807) is 14.2 Å². The van der Waals surface area contributed by atoms with Crippen LogP contribution >= 0.6 is 0 Å². The van der Waals surface area contributed by atoms with E-state index in [-0.39, 0.29) is 19.8 Å². The molecule has 1 aliphatic heterocycles. The summed E-state index contributed by atoms with van der Waals surface area (Å²) in [7, 11) is 3.24. The molecule has 4 rings (SSSR count). The summed E-state index contributed by atoms with van der Waals surface area (Å²) >= 11 is 0. The normalized spacial score (nSPS) is 21.9. The van der Waals surface area contributed by atoms with E-state index in [4.69, 9.17) is 23.7 Å². The van der Waals surface area contributed by atoms with E-state index < -0.39 is 23.9 Å². The van der Waals surface area contributed by atoms with Crippen molar-refractivity contribution in [3.05, 3.63) is 94.0 Å². The number of benzene rings is 3. The number of aliphatic hydroxyl groups is 2. The van der Waals surface area contributed by atoms with Gasteiger partial charge in [-0.2, -0.15) is 0 Å². The zero-order valence-corrected chi connectivity index (χ0v) is 22.8. The minimum absolute atomic E-state index is 0.0780. The van der Waals surface area contributed by atoms with Crippen LogP contribution < -0.4 is 9.47 Å². The molecule has 1 heterocycles. The van der Waals surface area contributed by atoms with Gasteiger partial charge < -0.3 is 33.9 Å². The zero-order valence-electron chi connectivity index (χ0n) is 22.8. The van der Waals surface area contributed by atoms with Gasteiger partial charge >= 0.3 is 0 Å². The summed E-state index contributed by atoms with van der Waals surface area (Å²) in [6.07, 6.45) is -1.67. The Morgan fingerprint density at radius 3 is 1.97 bits per heavy atom. The van der Waals surface area contributed by atoms with E-state index >= 15 is 0 Å². The number of ether oxygens (including phenoxy) is 5. The first kappa shape index (κ1) is 28.1. The molecule has 0 radical (unpaired) electrons. The third-order valence-corrected chi connectivity index (χ3v) is 7.34. The minimum Gasteiger partial charge on any atom is -0.497 e. The lowest BCUT2D eigenvalue weighted by Gasteiger charge is -2.32. The summed E-state index contributed by atoms with van der Waals surface area (Å²) in [6.45, 7) is 6.60. The SMILES string of the molecule is COc1ccc(COC[C@H]2[C@@H](C(O)c3cc(C)c(C)cc3C)OC[C@@]2(O)OCc2ccc(OC)cc2)cc1. The summed E-state index contributed by atoms with van der Waals surface area (Å²) < 4.78 is 28.6. The van der Waals surface area contributed by atoms with E-state index in [1.165, 1.54) is 0 Å². The largest absolute Gasteiger partial charge is 0.497 e. The third kappa shape index (κ3) is 6.37. The Morgan fingerprint density at radius 2 is 1.39 bits per heavy atom. The first-order chi connectivity index (χ1) is 18.2. The lowest BCUT2D eigenvalue weighted by Crippen LogP contribution is -2.45. The molecule has 1 saturated heterocycles. The molecule has 7 heteroatoms. The third-order valence-electron chi connectivity index (χ3n) is 7.34. The van der Waals surface area contributed by atoms with Gasteiger partial charge in [-0.3, -0.25) is 0 Å². The Kier molecular flexibility index (Phi) is 9.07. The molecular formula is C31H38O7. The molecule has 2 N–H and O–H groups in total. The molecule has 1 aliphatic rings. The van der Waals surface area contributed by atoms with Gasteiger partial charge in [0.05, 0.1) is 46.1 Å². The van der Waals surface area contributed by atoms with Gasteiger partial charge in [0.1, 0.15) is 24.2 Å². The van der Waals surface area contributed by atoms with E-state index in [1.807, 2.05) is 75.4 Å². The van der Waals surface area contributed by atoms with Crippen LogP contribution in [-0.2, 0) is 27.4 Å². The molecule has 1 unspecified atom stereocenters. The van der Waals surface area contributed by atoms with Crippen molar-refractivity contribution in [2.24, 2.45) is 5.92 Å². The Bertz CT molecular complexity index is 1190. The van der Waals surface area contributed by atoms with E-state index in [2.05, 4.69) is 6.07 Å². The molecule has 4 atom stereocenters. The molecule has 38 heavy (non-hydrogen) atoms. The summed E-state index contributed by atoms with van der Waals surface area (Å²) in [4.78, 5) is 0. The molecule has 0 saturated carbocycles. The highest BCUT2D eigenvalue weighted by molar-refractivity contribution is 5.38. The van der Waals surface area contributed by atoms with Gasteiger partial charge in [0, 0.05) is 0 Å². The standard InChI is InChI=1S/C31H38O7/c1-20-14-22(3)27(15-21(20)2)29(32)30-28(18-36-16-23-6-10-25(34-4)11-7-23)31(33,19-37-30)38-17-24-8-12-26(35-5)13-9-24/h6-15,28-30,32-33H,16-19H2,1-5H3/t28-,29?,30-,31+/m0/s1. The second-order valence-corrected chi connectivity index (χ2v) is 9.96. The van der Waals surface area contributed by atoms with Crippen LogP contribution in [0.25, 0.3) is 0 Å². The number of hydrogen-bond donors (Lipinski definition) is 2. The molecule has 3 aromatic carbocycles. The van der Waals surface area contributed by atoms with Gasteiger partial charge in [0.15, 0.2) is 5.79 Å². The van der Waals surface area contributed by atoms with E-state index in [0.29, 0.717) is 6.61 Å². The highest BCUT2D eigenvalue weighted by Gasteiger charge is 2.52. The van der Waals surface area contributed by atoms with Crippen LogP contribution in [0.15, 0.2) is 60.7 Å². The molecule has 3 aromatic rings. The van der Waals surface area contributed by atoms with Crippen LogP contribution in [0.4, 0.5) is 0 Å². The van der Waals surface area contributed by atoms with E-state index in [0.717, 1.165) is 44.9 Å². The Morgan fingerprint density at radius 1 is 0.842 bits per heavy atom. The van der Waals surface area contributed by atoms with Gasteiger partial charge in [-0.15, -0.1) is 0 Å². The van der Waals surface area contributed by atoms with Gasteiger partial charge in [0.2, 0.25) is 0 Å². The first-order valence-corrected chi connectivity index (χ1v) is 12.8. The molecule has 0 amide bonds. The van der Waals surface area contributed by atoms with Crippen LogP contribution in [0.3, 0.4) is 0 Å². The molecule has 0 spiro atoms. The molecule has 204 valence electrons. The van der Waals surface area contributed by atoms with Crippen molar-refractivity contribution < 1.29 is 33.9 Å². The van der Waals surface area contributed by atoms with Gasteiger partial charge in [-0.25, -0.2) is 0 Å². The van der Waals surface area contributed by atoms with Crippen molar-refractivity contribution in [2.45, 2.75) is 52.0 Å². The fourth-order valence-corrected chi connectivity index (χ4v) is 4.81. The second-order valence-electron chi connectivity index (χ2n) is 9.96. The average molecular weight is 523 g/mol. The maximum atomic E-state index is 11.6. The predicted octanol–water partition coefficient (Wildman–Crippen LogP) is 4.80. The van der Waals surface area contributed by atoms with Crippen molar-refractivity contribution >= 4 is 0 Å². The molecular weight excluding hydrogens is 484 g/mol. The summed E-state index contributed by atoms with van der Waals surface area (Å²) in [5.74, 6) is -0.756. The highest BCUT2D eigenvalue weighted by Crippen LogP contribution is 2.40. The van der Waals surface area contributed by atoms with E-state index in [9.17, 15) is 10.2 Å². The number of aliphatic hydroxyl groups excluding tert-OH is 1. The summed E-state index contributed by atoms with van der Waals surface area (Å²) in [5.41, 5.74) is 5.83. The smallest absolute Gasteiger partial charge is 0.197 e. The highest BCUT2D eigenvalue weighted by atomic mass is 16.7. The first-order valence-electron chi connectivity index (χ1n) is 12.8. The Balaban J connectivity index is 1.52. The molecule has 0 aliphatic carbocycles. The van der Waals surface area contributed by atoms with Crippen LogP contribution in [-0.4, -0.2) is 49.5 Å². The molecule has 1 fully saturated rings. The number of rotatable bonds is 11. The fraction of sp³-hybridized carbons (Fsp3) is 0.419. The van der Waals surface area contributed by atoms with Crippen molar-refractivity contribution in [3.8, 4) is 11.5 Å². The predicted molar refractivity (Wildman–Crippen MR) is 144 cm³/mol. The topological polar surface area (TPSA) is 86.6 Å². The fourth-order valence-electron chi connectivity index (χ4n) is 4.81. The summed E-state index contributed by atoms with van der Waals surface area (Å²) in [5, 5.41) is 23.1. The monoisotopic (exact) mass is 522 g/mol.